The number of pyridine rings is 2. The molecule has 2 aromatic carbocycles. The van der Waals surface area contributed by atoms with Crippen LogP contribution in [0.2, 0.25) is 5.02 Å². The van der Waals surface area contributed by atoms with Gasteiger partial charge in [0.25, 0.3) is 5.91 Å². The van der Waals surface area contributed by atoms with E-state index in [0.717, 1.165) is 5.69 Å². The first kappa shape index (κ1) is 22.8. The third-order valence-corrected chi connectivity index (χ3v) is 5.21. The smallest absolute Gasteiger partial charge is 0.268 e. The summed E-state index contributed by atoms with van der Waals surface area (Å²) in [6, 6.07) is 18.0. The molecular weight excluding hydrogens is 454 g/mol. The third kappa shape index (κ3) is 4.85. The lowest BCUT2D eigenvalue weighted by Gasteiger charge is -2.15. The standard InChI is InChI=1S/C25H20ClN5O3/c1-2-33-17-7-8-18-21(12-17)31-24(25(28)32)19(13-27)23(18)30-15-6-9-22(20(26)11-15)34-14-16-5-3-4-10-29-16/h3-12H,2,14H2,1H3,(H2,28,32)(H,30,31). The second-order valence-electron chi connectivity index (χ2n) is 7.18. The van der Waals surface area contributed by atoms with E-state index < -0.39 is 5.91 Å². The zero-order valence-corrected chi connectivity index (χ0v) is 19.0. The first-order valence-electron chi connectivity index (χ1n) is 10.4. The van der Waals surface area contributed by atoms with Gasteiger partial charge in [-0.05, 0) is 49.4 Å². The molecule has 9 heteroatoms. The normalized spacial score (nSPS) is 10.5. The lowest BCUT2D eigenvalue weighted by atomic mass is 10.0. The monoisotopic (exact) mass is 473 g/mol. The molecule has 0 saturated heterocycles. The highest BCUT2D eigenvalue weighted by atomic mass is 35.5. The van der Waals surface area contributed by atoms with Crippen LogP contribution in [0.25, 0.3) is 10.9 Å². The number of anilines is 2. The minimum atomic E-state index is -0.806. The number of fused-ring (bicyclic) bond motifs is 1. The van der Waals surface area contributed by atoms with Crippen molar-refractivity contribution in [3.8, 4) is 17.6 Å². The number of benzene rings is 2. The Morgan fingerprint density at radius 2 is 2.03 bits per heavy atom. The average molecular weight is 474 g/mol. The van der Waals surface area contributed by atoms with Crippen LogP contribution in [0.3, 0.4) is 0 Å². The highest BCUT2D eigenvalue weighted by Gasteiger charge is 2.20. The molecule has 0 atom stereocenters. The summed E-state index contributed by atoms with van der Waals surface area (Å²) in [5.74, 6) is 0.266. The second-order valence-corrected chi connectivity index (χ2v) is 7.59. The van der Waals surface area contributed by atoms with Gasteiger partial charge in [0.15, 0.2) is 0 Å². The number of ether oxygens (including phenoxy) is 2. The molecule has 0 radical (unpaired) electrons. The van der Waals surface area contributed by atoms with E-state index in [2.05, 4.69) is 15.3 Å². The molecule has 4 rings (SSSR count). The number of nitrogens with one attached hydrogen (secondary N) is 1. The molecule has 34 heavy (non-hydrogen) atoms. The number of carbonyl (C=O) groups is 1. The van der Waals surface area contributed by atoms with Crippen molar-refractivity contribution >= 4 is 39.8 Å². The fourth-order valence-electron chi connectivity index (χ4n) is 3.39. The Labute approximate surface area is 200 Å². The van der Waals surface area contributed by atoms with Crippen molar-refractivity contribution in [1.82, 2.24) is 9.97 Å². The molecule has 0 aliphatic rings. The van der Waals surface area contributed by atoms with E-state index in [1.165, 1.54) is 0 Å². The molecule has 1 amide bonds. The van der Waals surface area contributed by atoms with E-state index in [9.17, 15) is 10.1 Å². The molecule has 0 aliphatic carbocycles. The van der Waals surface area contributed by atoms with Gasteiger partial charge in [0.05, 0.1) is 28.5 Å². The summed E-state index contributed by atoms with van der Waals surface area (Å²) in [5, 5.41) is 14.0. The number of nitriles is 1. The molecule has 0 fully saturated rings. The Hall–Kier alpha value is -4.35. The Kier molecular flexibility index (Phi) is 6.76. The fourth-order valence-corrected chi connectivity index (χ4v) is 3.63. The molecule has 2 heterocycles. The maximum Gasteiger partial charge on any atom is 0.268 e. The van der Waals surface area contributed by atoms with Crippen LogP contribution in [0, 0.1) is 11.3 Å². The van der Waals surface area contributed by atoms with Gasteiger partial charge in [0.1, 0.15) is 35.4 Å². The SMILES string of the molecule is CCOc1ccc2c(Nc3ccc(OCc4ccccn4)c(Cl)c3)c(C#N)c(C(N)=O)nc2c1. The molecule has 8 nitrogen and oxygen atoms in total. The lowest BCUT2D eigenvalue weighted by Crippen LogP contribution is -2.16. The second kappa shape index (κ2) is 10.1. The molecule has 0 spiro atoms. The van der Waals surface area contributed by atoms with Gasteiger partial charge in [0.2, 0.25) is 0 Å². The average Bonchev–Trinajstić information content (AvgIpc) is 2.84. The van der Waals surface area contributed by atoms with Gasteiger partial charge in [-0.3, -0.25) is 9.78 Å². The van der Waals surface area contributed by atoms with E-state index in [-0.39, 0.29) is 17.9 Å². The summed E-state index contributed by atoms with van der Waals surface area (Å²) in [5.41, 5.74) is 7.63. The fraction of sp³-hybridized carbons (Fsp3) is 0.120. The summed E-state index contributed by atoms with van der Waals surface area (Å²) < 4.78 is 11.3. The first-order valence-corrected chi connectivity index (χ1v) is 10.8. The molecule has 4 aromatic rings. The molecule has 3 N–H and O–H groups in total. The Balaban J connectivity index is 1.69. The molecular formula is C25H20ClN5O3. The van der Waals surface area contributed by atoms with Crippen LogP contribution in [-0.2, 0) is 6.61 Å². The zero-order chi connectivity index (χ0) is 24.1. The Morgan fingerprint density at radius 1 is 1.18 bits per heavy atom. The van der Waals surface area contributed by atoms with Crippen LogP contribution in [0.5, 0.6) is 11.5 Å². The Bertz CT molecular complexity index is 1400. The topological polar surface area (TPSA) is 123 Å². The van der Waals surface area contributed by atoms with Crippen molar-refractivity contribution in [2.75, 3.05) is 11.9 Å². The van der Waals surface area contributed by atoms with Crippen LogP contribution in [0.15, 0.2) is 60.8 Å². The van der Waals surface area contributed by atoms with Crippen molar-refractivity contribution in [3.05, 3.63) is 82.8 Å². The number of hydrogen-bond donors (Lipinski definition) is 2. The first-order chi connectivity index (χ1) is 16.5. The number of hydrogen-bond acceptors (Lipinski definition) is 7. The number of amides is 1. The lowest BCUT2D eigenvalue weighted by molar-refractivity contribution is 0.0995. The molecule has 0 bridgehead atoms. The maximum atomic E-state index is 12.0. The van der Waals surface area contributed by atoms with E-state index in [4.69, 9.17) is 26.8 Å². The summed E-state index contributed by atoms with van der Waals surface area (Å²) in [7, 11) is 0. The van der Waals surface area contributed by atoms with E-state index in [0.29, 0.717) is 45.4 Å². The van der Waals surface area contributed by atoms with Gasteiger partial charge in [-0.25, -0.2) is 4.98 Å². The summed E-state index contributed by atoms with van der Waals surface area (Å²) in [4.78, 5) is 20.6. The van der Waals surface area contributed by atoms with Gasteiger partial charge >= 0.3 is 0 Å². The number of nitrogens with two attached hydrogens (primary N) is 1. The number of carbonyl (C=O) groups excluding carboxylic acids is 1. The Morgan fingerprint density at radius 3 is 2.71 bits per heavy atom. The number of rotatable bonds is 8. The third-order valence-electron chi connectivity index (χ3n) is 4.92. The van der Waals surface area contributed by atoms with Crippen LogP contribution >= 0.6 is 11.6 Å². The minimum absolute atomic E-state index is 0.0377. The van der Waals surface area contributed by atoms with Crippen LogP contribution in [-0.4, -0.2) is 22.5 Å². The highest BCUT2D eigenvalue weighted by Crippen LogP contribution is 2.35. The van der Waals surface area contributed by atoms with Crippen molar-refractivity contribution in [2.45, 2.75) is 13.5 Å². The van der Waals surface area contributed by atoms with Crippen LogP contribution in [0.4, 0.5) is 11.4 Å². The van der Waals surface area contributed by atoms with Gasteiger partial charge in [0, 0.05) is 23.3 Å². The predicted molar refractivity (Wildman–Crippen MR) is 129 cm³/mol. The van der Waals surface area contributed by atoms with Crippen LogP contribution < -0.4 is 20.5 Å². The molecule has 2 aromatic heterocycles. The summed E-state index contributed by atoms with van der Waals surface area (Å²) >= 11 is 6.44. The number of nitrogens with zero attached hydrogens (tertiary/aromatic N) is 3. The largest absolute Gasteiger partial charge is 0.494 e. The molecule has 0 aliphatic heterocycles. The van der Waals surface area contributed by atoms with Gasteiger partial charge in [-0.1, -0.05) is 17.7 Å². The summed E-state index contributed by atoms with van der Waals surface area (Å²) in [6.45, 7) is 2.61. The van der Waals surface area contributed by atoms with Crippen LogP contribution in [0.1, 0.15) is 28.7 Å². The summed E-state index contributed by atoms with van der Waals surface area (Å²) in [6.07, 6.45) is 1.69. The van der Waals surface area contributed by atoms with Crippen molar-refractivity contribution in [2.24, 2.45) is 5.73 Å². The quantitative estimate of drug-likeness (QED) is 0.370. The van der Waals surface area contributed by atoms with Crippen molar-refractivity contribution in [1.29, 1.82) is 5.26 Å². The van der Waals surface area contributed by atoms with E-state index >= 15 is 0 Å². The predicted octanol–water partition coefficient (Wildman–Crippen LogP) is 4.98. The maximum absolute atomic E-state index is 12.0. The molecule has 170 valence electrons. The number of halogens is 1. The van der Waals surface area contributed by atoms with Crippen molar-refractivity contribution < 1.29 is 14.3 Å². The van der Waals surface area contributed by atoms with E-state index in [1.54, 1.807) is 42.6 Å². The van der Waals surface area contributed by atoms with Crippen molar-refractivity contribution in [3.63, 3.8) is 0 Å². The van der Waals surface area contributed by atoms with Gasteiger partial charge in [-0.2, -0.15) is 5.26 Å². The molecule has 0 unspecified atom stereocenters. The van der Waals surface area contributed by atoms with Gasteiger partial charge in [-0.15, -0.1) is 0 Å². The molecule has 0 saturated carbocycles. The highest BCUT2D eigenvalue weighted by molar-refractivity contribution is 6.32. The zero-order valence-electron chi connectivity index (χ0n) is 18.2. The number of aromatic nitrogens is 2. The van der Waals surface area contributed by atoms with E-state index in [1.807, 2.05) is 31.2 Å². The van der Waals surface area contributed by atoms with Gasteiger partial charge < -0.3 is 20.5 Å². The number of primary amides is 1. The minimum Gasteiger partial charge on any atom is -0.494 e.